The van der Waals surface area contributed by atoms with Crippen molar-refractivity contribution in [3.8, 4) is 0 Å². The number of rotatable bonds is 2. The fourth-order valence-corrected chi connectivity index (χ4v) is 3.65. The second kappa shape index (κ2) is 4.89. The summed E-state index contributed by atoms with van der Waals surface area (Å²) >= 11 is 3.88. The van der Waals surface area contributed by atoms with Gasteiger partial charge in [-0.3, -0.25) is 0 Å². The van der Waals surface area contributed by atoms with Crippen molar-refractivity contribution < 1.29 is 0 Å². The molecule has 0 bridgehead atoms. The van der Waals surface area contributed by atoms with E-state index in [9.17, 15) is 0 Å². The molecule has 3 rings (SSSR count). The molecule has 0 heterocycles. The van der Waals surface area contributed by atoms with Crippen LogP contribution in [0.25, 0.3) is 0 Å². The molecule has 0 aliphatic heterocycles. The highest BCUT2D eigenvalue weighted by Gasteiger charge is 2.29. The van der Waals surface area contributed by atoms with E-state index >= 15 is 0 Å². The lowest BCUT2D eigenvalue weighted by molar-refractivity contribution is 0.555. The Morgan fingerprint density at radius 2 is 1.78 bits per heavy atom. The molecule has 0 N–H and O–H groups in total. The Hall–Kier alpha value is -1.08. The zero-order valence-corrected chi connectivity index (χ0v) is 12.2. The largest absolute Gasteiger partial charge is 0.0835 e. The highest BCUT2D eigenvalue weighted by atomic mass is 79.9. The highest BCUT2D eigenvalue weighted by Crippen LogP contribution is 2.43. The van der Waals surface area contributed by atoms with Crippen LogP contribution in [0.1, 0.15) is 27.1 Å². The molecule has 0 radical (unpaired) electrons. The number of benzene rings is 2. The second-order valence-corrected chi connectivity index (χ2v) is 6.24. The van der Waals surface area contributed by atoms with Crippen LogP contribution >= 0.6 is 15.9 Å². The number of fused-ring (bicyclic) bond motifs is 1. The summed E-state index contributed by atoms with van der Waals surface area (Å²) in [5, 5.41) is 0. The maximum Gasteiger partial charge on any atom is 0.0432 e. The quantitative estimate of drug-likeness (QED) is 0.696. The molecule has 1 heteroatoms. The first-order valence-electron chi connectivity index (χ1n) is 6.51. The van der Waals surface area contributed by atoms with Gasteiger partial charge in [0.1, 0.15) is 0 Å². The molecule has 0 spiro atoms. The zero-order chi connectivity index (χ0) is 12.5. The van der Waals surface area contributed by atoms with Gasteiger partial charge in [0, 0.05) is 4.83 Å². The first kappa shape index (κ1) is 12.0. The maximum atomic E-state index is 3.88. The van der Waals surface area contributed by atoms with E-state index in [0.717, 1.165) is 6.42 Å². The third-order valence-corrected chi connectivity index (χ3v) is 5.11. The van der Waals surface area contributed by atoms with E-state index in [1.165, 1.54) is 28.7 Å². The molecular weight excluding hydrogens is 284 g/mol. The molecular formula is C17H17Br. The SMILES string of the molecule is Cc1ccc(CC2Cc3ccccc3C2Br)cc1. The van der Waals surface area contributed by atoms with Crippen LogP contribution in [-0.4, -0.2) is 0 Å². The van der Waals surface area contributed by atoms with Crippen molar-refractivity contribution in [2.45, 2.75) is 24.6 Å². The van der Waals surface area contributed by atoms with Crippen molar-refractivity contribution in [1.29, 1.82) is 0 Å². The van der Waals surface area contributed by atoms with Gasteiger partial charge in [-0.25, -0.2) is 0 Å². The van der Waals surface area contributed by atoms with Gasteiger partial charge in [0.15, 0.2) is 0 Å². The number of hydrogen-bond donors (Lipinski definition) is 0. The maximum absolute atomic E-state index is 3.88. The summed E-state index contributed by atoms with van der Waals surface area (Å²) in [5.41, 5.74) is 5.78. The first-order valence-corrected chi connectivity index (χ1v) is 7.43. The average molecular weight is 301 g/mol. The van der Waals surface area contributed by atoms with Gasteiger partial charge in [0.05, 0.1) is 0 Å². The first-order chi connectivity index (χ1) is 8.74. The molecule has 2 atom stereocenters. The molecule has 2 aromatic rings. The molecule has 0 aromatic heterocycles. The van der Waals surface area contributed by atoms with E-state index in [4.69, 9.17) is 0 Å². The summed E-state index contributed by atoms with van der Waals surface area (Å²) in [6, 6.07) is 17.7. The summed E-state index contributed by atoms with van der Waals surface area (Å²) in [6.45, 7) is 2.14. The number of aryl methyl sites for hydroxylation is 1. The number of halogens is 1. The molecule has 1 aliphatic carbocycles. The molecule has 0 saturated heterocycles. The Bertz CT molecular complexity index is 542. The van der Waals surface area contributed by atoms with Crippen molar-refractivity contribution in [2.75, 3.05) is 0 Å². The normalized spacial score (nSPS) is 21.9. The molecule has 1 aliphatic rings. The van der Waals surface area contributed by atoms with Crippen LogP contribution in [0.2, 0.25) is 0 Å². The highest BCUT2D eigenvalue weighted by molar-refractivity contribution is 9.09. The summed E-state index contributed by atoms with van der Waals surface area (Å²) < 4.78 is 0. The molecule has 0 nitrogen and oxygen atoms in total. The third-order valence-electron chi connectivity index (χ3n) is 3.87. The lowest BCUT2D eigenvalue weighted by Crippen LogP contribution is -2.06. The molecule has 92 valence electrons. The summed E-state index contributed by atoms with van der Waals surface area (Å²) in [4.78, 5) is 0.509. The fraction of sp³-hybridized carbons (Fsp3) is 0.294. The minimum absolute atomic E-state index is 0.509. The van der Waals surface area contributed by atoms with E-state index in [2.05, 4.69) is 71.4 Å². The van der Waals surface area contributed by atoms with Crippen molar-refractivity contribution in [1.82, 2.24) is 0 Å². The number of alkyl halides is 1. The predicted molar refractivity (Wildman–Crippen MR) is 80.2 cm³/mol. The second-order valence-electron chi connectivity index (χ2n) is 5.25. The molecule has 2 aromatic carbocycles. The van der Waals surface area contributed by atoms with Crippen molar-refractivity contribution in [2.24, 2.45) is 5.92 Å². The average Bonchev–Trinajstić information content (AvgIpc) is 2.70. The topological polar surface area (TPSA) is 0 Å². The minimum atomic E-state index is 0.509. The molecule has 0 saturated carbocycles. The number of hydrogen-bond acceptors (Lipinski definition) is 0. The van der Waals surface area contributed by atoms with E-state index < -0.39 is 0 Å². The predicted octanol–water partition coefficient (Wildman–Crippen LogP) is 4.85. The Labute approximate surface area is 117 Å². The minimum Gasteiger partial charge on any atom is -0.0835 e. The Morgan fingerprint density at radius 1 is 1.06 bits per heavy atom. The van der Waals surface area contributed by atoms with Crippen molar-refractivity contribution >= 4 is 15.9 Å². The zero-order valence-electron chi connectivity index (χ0n) is 10.6. The van der Waals surface area contributed by atoms with Gasteiger partial charge in [-0.2, -0.15) is 0 Å². The van der Waals surface area contributed by atoms with Crippen LogP contribution in [0.5, 0.6) is 0 Å². The van der Waals surface area contributed by atoms with Gasteiger partial charge < -0.3 is 0 Å². The van der Waals surface area contributed by atoms with Gasteiger partial charge in [0.2, 0.25) is 0 Å². The summed E-state index contributed by atoms with van der Waals surface area (Å²) in [5.74, 6) is 0.685. The smallest absolute Gasteiger partial charge is 0.0432 e. The van der Waals surface area contributed by atoms with E-state index in [-0.39, 0.29) is 0 Å². The lowest BCUT2D eigenvalue weighted by atomic mass is 9.96. The lowest BCUT2D eigenvalue weighted by Gasteiger charge is -2.14. The summed E-state index contributed by atoms with van der Waals surface area (Å²) in [7, 11) is 0. The molecule has 18 heavy (non-hydrogen) atoms. The standard InChI is InChI=1S/C17H17Br/c1-12-6-8-13(9-7-12)10-15-11-14-4-2-3-5-16(14)17(15)18/h2-9,15,17H,10-11H2,1H3. The van der Waals surface area contributed by atoms with Crippen LogP contribution in [-0.2, 0) is 12.8 Å². The van der Waals surface area contributed by atoms with Crippen LogP contribution < -0.4 is 0 Å². The Kier molecular flexibility index (Phi) is 3.25. The van der Waals surface area contributed by atoms with Crippen molar-refractivity contribution in [3.63, 3.8) is 0 Å². The van der Waals surface area contributed by atoms with Crippen LogP contribution in [0.4, 0.5) is 0 Å². The van der Waals surface area contributed by atoms with Gasteiger partial charge in [0.25, 0.3) is 0 Å². The van der Waals surface area contributed by atoms with Gasteiger partial charge in [-0.05, 0) is 42.4 Å². The summed E-state index contributed by atoms with van der Waals surface area (Å²) in [6.07, 6.45) is 2.35. The van der Waals surface area contributed by atoms with Crippen molar-refractivity contribution in [3.05, 3.63) is 70.8 Å². The fourth-order valence-electron chi connectivity index (χ4n) is 2.83. The van der Waals surface area contributed by atoms with E-state index in [1.54, 1.807) is 0 Å². The van der Waals surface area contributed by atoms with E-state index in [0.29, 0.717) is 10.7 Å². The Balaban J connectivity index is 1.78. The van der Waals surface area contributed by atoms with Crippen LogP contribution in [0.3, 0.4) is 0 Å². The molecule has 2 unspecified atom stereocenters. The monoisotopic (exact) mass is 300 g/mol. The van der Waals surface area contributed by atoms with Gasteiger partial charge in [-0.15, -0.1) is 0 Å². The molecule has 0 amide bonds. The van der Waals surface area contributed by atoms with Crippen LogP contribution in [0.15, 0.2) is 48.5 Å². The third kappa shape index (κ3) is 2.24. The van der Waals surface area contributed by atoms with Crippen LogP contribution in [0, 0.1) is 12.8 Å². The van der Waals surface area contributed by atoms with Gasteiger partial charge in [-0.1, -0.05) is 70.0 Å². The molecule has 0 fully saturated rings. The Morgan fingerprint density at radius 3 is 2.50 bits per heavy atom. The van der Waals surface area contributed by atoms with Gasteiger partial charge >= 0.3 is 0 Å². The van der Waals surface area contributed by atoms with E-state index in [1.807, 2.05) is 0 Å².